The van der Waals surface area contributed by atoms with E-state index in [4.69, 9.17) is 0 Å². The van der Waals surface area contributed by atoms with E-state index < -0.39 is 17.7 Å². The van der Waals surface area contributed by atoms with Gasteiger partial charge in [-0.05, 0) is 31.4 Å². The molecule has 0 radical (unpaired) electrons. The summed E-state index contributed by atoms with van der Waals surface area (Å²) in [4.78, 5) is 29.1. The monoisotopic (exact) mass is 416 g/mol. The number of hydrogen-bond donors (Lipinski definition) is 1. The molecule has 2 heterocycles. The van der Waals surface area contributed by atoms with Crippen LogP contribution in [-0.2, 0) is 12.1 Å². The van der Waals surface area contributed by atoms with Gasteiger partial charge in [0.1, 0.15) is 0 Å². The van der Waals surface area contributed by atoms with Crippen molar-refractivity contribution in [2.75, 3.05) is 11.9 Å². The molecule has 2 amide bonds. The summed E-state index contributed by atoms with van der Waals surface area (Å²) < 4.78 is 44.8. The Morgan fingerprint density at radius 3 is 2.67 bits per heavy atom. The van der Waals surface area contributed by atoms with E-state index in [-0.39, 0.29) is 35.8 Å². The summed E-state index contributed by atoms with van der Waals surface area (Å²) in [5.74, 6) is 5.08. The first kappa shape index (κ1) is 20.0. The van der Waals surface area contributed by atoms with Gasteiger partial charge in [0.05, 0.1) is 12.9 Å². The maximum Gasteiger partial charge on any atom is 0.427 e. The van der Waals surface area contributed by atoms with Crippen LogP contribution in [0, 0.1) is 17.8 Å². The van der Waals surface area contributed by atoms with Gasteiger partial charge < -0.3 is 5.32 Å². The topological polar surface area (TPSA) is 67.2 Å². The number of alkyl halides is 3. The van der Waals surface area contributed by atoms with Crippen molar-refractivity contribution in [1.29, 1.82) is 0 Å². The van der Waals surface area contributed by atoms with Gasteiger partial charge in [0, 0.05) is 36.0 Å². The van der Waals surface area contributed by atoms with Crippen molar-refractivity contribution in [3.63, 3.8) is 0 Å². The SMILES string of the molecule is CCN1C(=O)Nc2cc(Cn3cnccc3=O)ccc2C1(C#CC1CC1)C(F)(F)F. The number of hydrogen-bond acceptors (Lipinski definition) is 3. The number of benzene rings is 1. The minimum atomic E-state index is -4.79. The number of amides is 2. The number of anilines is 1. The molecule has 1 saturated carbocycles. The summed E-state index contributed by atoms with van der Waals surface area (Å²) in [5, 5.41) is 2.55. The third-order valence-corrected chi connectivity index (χ3v) is 5.27. The van der Waals surface area contributed by atoms with Crippen molar-refractivity contribution < 1.29 is 18.0 Å². The number of carbonyl (C=O) groups excluding carboxylic acids is 1. The zero-order chi connectivity index (χ0) is 21.5. The van der Waals surface area contributed by atoms with Crippen LogP contribution < -0.4 is 10.9 Å². The van der Waals surface area contributed by atoms with Gasteiger partial charge in [-0.3, -0.25) is 14.3 Å². The Balaban J connectivity index is 1.84. The maximum atomic E-state index is 14.5. The molecule has 6 nitrogen and oxygen atoms in total. The summed E-state index contributed by atoms with van der Waals surface area (Å²) in [5.41, 5.74) is -2.52. The largest absolute Gasteiger partial charge is 0.427 e. The van der Waals surface area contributed by atoms with Gasteiger partial charge in [-0.15, -0.1) is 0 Å². The van der Waals surface area contributed by atoms with Crippen molar-refractivity contribution >= 4 is 11.7 Å². The summed E-state index contributed by atoms with van der Waals surface area (Å²) >= 11 is 0. The van der Waals surface area contributed by atoms with E-state index in [0.717, 1.165) is 17.7 Å². The zero-order valence-corrected chi connectivity index (χ0v) is 16.2. The van der Waals surface area contributed by atoms with Crippen LogP contribution in [0.2, 0.25) is 0 Å². The number of carbonyl (C=O) groups is 1. The van der Waals surface area contributed by atoms with Crippen molar-refractivity contribution in [1.82, 2.24) is 14.5 Å². The Labute approximate surface area is 170 Å². The molecule has 0 saturated heterocycles. The molecule has 1 unspecified atom stereocenters. The summed E-state index contributed by atoms with van der Waals surface area (Å²) in [6.07, 6.45) is -0.545. The fourth-order valence-electron chi connectivity index (χ4n) is 3.61. The minimum absolute atomic E-state index is 0.0431. The molecule has 30 heavy (non-hydrogen) atoms. The third kappa shape index (κ3) is 3.32. The second-order valence-electron chi connectivity index (χ2n) is 7.35. The number of fused-ring (bicyclic) bond motifs is 1. The molecule has 1 fully saturated rings. The number of rotatable bonds is 3. The molecule has 0 bridgehead atoms. The van der Waals surface area contributed by atoms with Gasteiger partial charge >= 0.3 is 12.2 Å². The van der Waals surface area contributed by atoms with Crippen LogP contribution >= 0.6 is 0 Å². The summed E-state index contributed by atoms with van der Waals surface area (Å²) in [6.45, 7) is 1.45. The number of urea groups is 1. The molecule has 1 aliphatic carbocycles. The maximum absolute atomic E-state index is 14.5. The molecule has 1 aromatic heterocycles. The lowest BCUT2D eigenvalue weighted by atomic mass is 9.83. The van der Waals surface area contributed by atoms with Crippen LogP contribution in [0.4, 0.5) is 23.7 Å². The van der Waals surface area contributed by atoms with Crippen LogP contribution in [0.5, 0.6) is 0 Å². The fraction of sp³-hybridized carbons (Fsp3) is 0.381. The minimum Gasteiger partial charge on any atom is -0.307 e. The highest BCUT2D eigenvalue weighted by molar-refractivity contribution is 5.95. The van der Waals surface area contributed by atoms with Crippen LogP contribution in [-0.4, -0.2) is 33.2 Å². The fourth-order valence-corrected chi connectivity index (χ4v) is 3.61. The predicted octanol–water partition coefficient (Wildman–Crippen LogP) is 3.33. The molecular weight excluding hydrogens is 397 g/mol. The average molecular weight is 416 g/mol. The number of nitrogens with zero attached hydrogens (tertiary/aromatic N) is 3. The normalized spacial score (nSPS) is 20.8. The molecule has 9 heteroatoms. The Bertz CT molecular complexity index is 1110. The first-order valence-corrected chi connectivity index (χ1v) is 9.58. The third-order valence-electron chi connectivity index (χ3n) is 5.27. The van der Waals surface area contributed by atoms with Crippen LogP contribution in [0.3, 0.4) is 0 Å². The van der Waals surface area contributed by atoms with Crippen LogP contribution in [0.1, 0.15) is 30.9 Å². The molecule has 1 N–H and O–H groups in total. The van der Waals surface area contributed by atoms with E-state index in [2.05, 4.69) is 22.1 Å². The first-order chi connectivity index (χ1) is 14.3. The molecular formula is C21H19F3N4O2. The molecule has 2 aromatic rings. The highest BCUT2D eigenvalue weighted by Gasteiger charge is 2.63. The van der Waals surface area contributed by atoms with E-state index in [1.54, 1.807) is 0 Å². The van der Waals surface area contributed by atoms with Gasteiger partial charge in [0.2, 0.25) is 5.54 Å². The van der Waals surface area contributed by atoms with E-state index in [1.807, 2.05) is 0 Å². The number of aromatic nitrogens is 2. The molecule has 1 aliphatic heterocycles. The van der Waals surface area contributed by atoms with Gasteiger partial charge in [0.15, 0.2) is 0 Å². The highest BCUT2D eigenvalue weighted by atomic mass is 19.4. The Morgan fingerprint density at radius 2 is 2.03 bits per heavy atom. The van der Waals surface area contributed by atoms with E-state index in [1.165, 1.54) is 48.3 Å². The van der Waals surface area contributed by atoms with Crippen molar-refractivity contribution in [3.8, 4) is 11.8 Å². The lowest BCUT2D eigenvalue weighted by Gasteiger charge is -2.45. The van der Waals surface area contributed by atoms with Gasteiger partial charge in [-0.1, -0.05) is 24.0 Å². The quantitative estimate of drug-likeness (QED) is 0.781. The number of halogens is 3. The predicted molar refractivity (Wildman–Crippen MR) is 104 cm³/mol. The molecule has 0 spiro atoms. The highest BCUT2D eigenvalue weighted by Crippen LogP contribution is 2.49. The van der Waals surface area contributed by atoms with Crippen molar-refractivity contribution in [2.24, 2.45) is 5.92 Å². The molecule has 156 valence electrons. The van der Waals surface area contributed by atoms with Crippen LogP contribution in [0.25, 0.3) is 0 Å². The van der Waals surface area contributed by atoms with Crippen LogP contribution in [0.15, 0.2) is 41.6 Å². The van der Waals surface area contributed by atoms with Crippen molar-refractivity contribution in [2.45, 2.75) is 38.0 Å². The van der Waals surface area contributed by atoms with Gasteiger partial charge in [-0.2, -0.15) is 13.2 Å². The van der Waals surface area contributed by atoms with Crippen molar-refractivity contribution in [3.05, 3.63) is 58.3 Å². The second-order valence-corrected chi connectivity index (χ2v) is 7.35. The zero-order valence-electron chi connectivity index (χ0n) is 16.2. The smallest absolute Gasteiger partial charge is 0.307 e. The first-order valence-electron chi connectivity index (χ1n) is 9.58. The standard InChI is InChI=1S/C21H19F3N4O2/c1-2-28-19(30)26-17-11-15(12-27-13-25-10-8-18(27)29)5-6-16(17)20(28,21(22,23)24)9-7-14-3-4-14/h5-6,8,10-11,13-14H,2-4,12H2,1H3,(H,26,30). The van der Waals surface area contributed by atoms with Gasteiger partial charge in [-0.25, -0.2) is 9.78 Å². The Hall–Kier alpha value is -3.28. The van der Waals surface area contributed by atoms with Gasteiger partial charge in [0.25, 0.3) is 5.56 Å². The summed E-state index contributed by atoms with van der Waals surface area (Å²) in [6, 6.07) is 4.75. The number of nitrogens with one attached hydrogen (secondary N) is 1. The van der Waals surface area contributed by atoms with E-state index in [0.29, 0.717) is 5.56 Å². The molecule has 1 aromatic carbocycles. The van der Waals surface area contributed by atoms with E-state index >= 15 is 0 Å². The average Bonchev–Trinajstić information content (AvgIpc) is 3.51. The Morgan fingerprint density at radius 1 is 1.27 bits per heavy atom. The lowest BCUT2D eigenvalue weighted by Crippen LogP contribution is -2.61. The molecule has 1 atom stereocenters. The Kier molecular flexibility index (Phi) is 4.80. The second kappa shape index (κ2) is 7.20. The van der Waals surface area contributed by atoms with E-state index in [9.17, 15) is 22.8 Å². The molecule has 4 rings (SSSR count). The molecule has 2 aliphatic rings. The summed E-state index contributed by atoms with van der Waals surface area (Å²) in [7, 11) is 0. The lowest BCUT2D eigenvalue weighted by molar-refractivity contribution is -0.206.